The van der Waals surface area contributed by atoms with Crippen LogP contribution in [-0.4, -0.2) is 31.9 Å². The molecule has 0 saturated heterocycles. The third kappa shape index (κ3) is 4.27. The van der Waals surface area contributed by atoms with Gasteiger partial charge in [-0.25, -0.2) is 4.68 Å². The SMILES string of the molecule is Cc1ccc(Cl)cc1NC(=O)CSc1nnnn1C1CCCCC1. The van der Waals surface area contributed by atoms with Crippen LogP contribution in [0.25, 0.3) is 0 Å². The minimum atomic E-state index is -0.0939. The van der Waals surface area contributed by atoms with Gasteiger partial charge in [0.15, 0.2) is 0 Å². The van der Waals surface area contributed by atoms with E-state index in [1.54, 1.807) is 12.1 Å². The average molecular weight is 366 g/mol. The predicted octanol–water partition coefficient (Wildman–Crippen LogP) is 3.87. The normalized spacial score (nSPS) is 15.4. The molecule has 1 fully saturated rings. The number of halogens is 1. The van der Waals surface area contributed by atoms with Crippen molar-refractivity contribution in [3.63, 3.8) is 0 Å². The van der Waals surface area contributed by atoms with E-state index in [1.165, 1.54) is 31.0 Å². The van der Waals surface area contributed by atoms with Crippen LogP contribution in [0.15, 0.2) is 23.4 Å². The van der Waals surface area contributed by atoms with Gasteiger partial charge < -0.3 is 5.32 Å². The highest BCUT2D eigenvalue weighted by Gasteiger charge is 2.20. The molecule has 0 aliphatic heterocycles. The van der Waals surface area contributed by atoms with Crippen molar-refractivity contribution < 1.29 is 4.79 Å². The Morgan fingerprint density at radius 2 is 2.17 bits per heavy atom. The summed E-state index contributed by atoms with van der Waals surface area (Å²) in [5.74, 6) is 0.169. The first-order valence-electron chi connectivity index (χ1n) is 8.10. The fourth-order valence-electron chi connectivity index (χ4n) is 2.88. The number of rotatable bonds is 5. The van der Waals surface area contributed by atoms with Crippen molar-refractivity contribution in [1.29, 1.82) is 0 Å². The smallest absolute Gasteiger partial charge is 0.234 e. The minimum Gasteiger partial charge on any atom is -0.325 e. The van der Waals surface area contributed by atoms with Gasteiger partial charge in [0.05, 0.1) is 11.8 Å². The van der Waals surface area contributed by atoms with Crippen molar-refractivity contribution in [2.45, 2.75) is 50.2 Å². The molecule has 1 aliphatic carbocycles. The number of thioether (sulfide) groups is 1. The van der Waals surface area contributed by atoms with Gasteiger partial charge in [-0.2, -0.15) is 0 Å². The summed E-state index contributed by atoms with van der Waals surface area (Å²) in [5.41, 5.74) is 1.71. The number of carbonyl (C=O) groups is 1. The van der Waals surface area contributed by atoms with Crippen molar-refractivity contribution >= 4 is 35.0 Å². The molecule has 1 heterocycles. The number of benzene rings is 1. The average Bonchev–Trinajstić information content (AvgIpc) is 3.06. The fraction of sp³-hybridized carbons (Fsp3) is 0.500. The minimum absolute atomic E-state index is 0.0939. The number of nitrogens with zero attached hydrogens (tertiary/aromatic N) is 4. The van der Waals surface area contributed by atoms with Crippen LogP contribution >= 0.6 is 23.4 Å². The van der Waals surface area contributed by atoms with Gasteiger partial charge in [0.2, 0.25) is 11.1 Å². The molecular formula is C16H20ClN5OS. The first kappa shape index (κ1) is 17.2. The molecule has 1 aliphatic rings. The zero-order chi connectivity index (χ0) is 16.9. The standard InChI is InChI=1S/C16H20ClN5OS/c1-11-7-8-12(17)9-14(11)18-15(23)10-24-16-19-20-21-22(16)13-5-3-2-4-6-13/h7-9,13H,2-6,10H2,1H3,(H,18,23). The maximum Gasteiger partial charge on any atom is 0.234 e. The molecule has 128 valence electrons. The lowest BCUT2D eigenvalue weighted by Gasteiger charge is -2.21. The molecule has 1 aromatic carbocycles. The molecule has 2 aromatic rings. The van der Waals surface area contributed by atoms with E-state index >= 15 is 0 Å². The van der Waals surface area contributed by atoms with E-state index < -0.39 is 0 Å². The van der Waals surface area contributed by atoms with Gasteiger partial charge in [0.1, 0.15) is 0 Å². The number of aromatic nitrogens is 4. The molecule has 24 heavy (non-hydrogen) atoms. The summed E-state index contributed by atoms with van der Waals surface area (Å²) in [4.78, 5) is 12.2. The Balaban J connectivity index is 1.59. The van der Waals surface area contributed by atoms with Gasteiger partial charge in [0.25, 0.3) is 0 Å². The maximum absolute atomic E-state index is 12.2. The first-order valence-corrected chi connectivity index (χ1v) is 9.46. The van der Waals surface area contributed by atoms with Crippen LogP contribution < -0.4 is 5.32 Å². The summed E-state index contributed by atoms with van der Waals surface area (Å²) in [6.07, 6.45) is 5.91. The van der Waals surface area contributed by atoms with Crippen molar-refractivity contribution in [1.82, 2.24) is 20.2 Å². The van der Waals surface area contributed by atoms with E-state index in [1.807, 2.05) is 17.7 Å². The van der Waals surface area contributed by atoms with Crippen LogP contribution in [0.1, 0.15) is 43.7 Å². The molecule has 0 bridgehead atoms. The van der Waals surface area contributed by atoms with Crippen LogP contribution in [0.2, 0.25) is 5.02 Å². The summed E-state index contributed by atoms with van der Waals surface area (Å²) >= 11 is 7.35. The molecule has 1 saturated carbocycles. The van der Waals surface area contributed by atoms with Gasteiger partial charge in [0, 0.05) is 10.7 Å². The molecular weight excluding hydrogens is 346 g/mol. The topological polar surface area (TPSA) is 72.7 Å². The van der Waals surface area contributed by atoms with Gasteiger partial charge in [-0.15, -0.1) is 5.10 Å². The number of tetrazole rings is 1. The highest BCUT2D eigenvalue weighted by molar-refractivity contribution is 7.99. The van der Waals surface area contributed by atoms with Crippen molar-refractivity contribution in [3.05, 3.63) is 28.8 Å². The molecule has 0 spiro atoms. The lowest BCUT2D eigenvalue weighted by Crippen LogP contribution is -2.18. The zero-order valence-corrected chi connectivity index (χ0v) is 15.1. The molecule has 1 aromatic heterocycles. The third-order valence-corrected chi connectivity index (χ3v) is 5.36. The second-order valence-electron chi connectivity index (χ2n) is 5.99. The monoisotopic (exact) mass is 365 g/mol. The lowest BCUT2D eigenvalue weighted by atomic mass is 9.96. The van der Waals surface area contributed by atoms with E-state index in [0.717, 1.165) is 24.1 Å². The summed E-state index contributed by atoms with van der Waals surface area (Å²) < 4.78 is 1.88. The molecule has 1 amide bonds. The van der Waals surface area contributed by atoms with Gasteiger partial charge >= 0.3 is 0 Å². The van der Waals surface area contributed by atoms with Crippen molar-refractivity contribution in [2.75, 3.05) is 11.1 Å². The summed E-state index contributed by atoms with van der Waals surface area (Å²) in [7, 11) is 0. The number of aryl methyl sites for hydroxylation is 1. The molecule has 3 rings (SSSR count). The second-order valence-corrected chi connectivity index (χ2v) is 7.37. The van der Waals surface area contributed by atoms with Gasteiger partial charge in [-0.1, -0.05) is 48.7 Å². The second kappa shape index (κ2) is 7.98. The van der Waals surface area contributed by atoms with Crippen LogP contribution in [0, 0.1) is 6.92 Å². The lowest BCUT2D eigenvalue weighted by molar-refractivity contribution is -0.113. The number of amides is 1. The molecule has 0 unspecified atom stereocenters. The maximum atomic E-state index is 12.2. The summed E-state index contributed by atoms with van der Waals surface area (Å²) in [6.45, 7) is 1.93. The highest BCUT2D eigenvalue weighted by atomic mass is 35.5. The largest absolute Gasteiger partial charge is 0.325 e. The highest BCUT2D eigenvalue weighted by Crippen LogP contribution is 2.30. The first-order chi connectivity index (χ1) is 11.6. The fourth-order valence-corrected chi connectivity index (χ4v) is 3.80. The Kier molecular flexibility index (Phi) is 5.73. The Bertz CT molecular complexity index is 714. The molecule has 0 radical (unpaired) electrons. The molecule has 6 nitrogen and oxygen atoms in total. The van der Waals surface area contributed by atoms with Crippen LogP contribution in [0.4, 0.5) is 5.69 Å². The number of carbonyl (C=O) groups excluding carboxylic acids is 1. The van der Waals surface area contributed by atoms with E-state index in [0.29, 0.717) is 16.2 Å². The summed E-state index contributed by atoms with van der Waals surface area (Å²) in [5, 5.41) is 16.2. The van der Waals surface area contributed by atoms with E-state index in [9.17, 15) is 4.79 Å². The van der Waals surface area contributed by atoms with E-state index in [2.05, 4.69) is 20.8 Å². The van der Waals surface area contributed by atoms with Crippen molar-refractivity contribution in [3.8, 4) is 0 Å². The number of hydrogen-bond donors (Lipinski definition) is 1. The number of nitrogens with one attached hydrogen (secondary N) is 1. The number of anilines is 1. The Morgan fingerprint density at radius 3 is 2.96 bits per heavy atom. The Hall–Kier alpha value is -1.60. The van der Waals surface area contributed by atoms with Gasteiger partial charge in [-0.05, 0) is 47.9 Å². The van der Waals surface area contributed by atoms with E-state index in [4.69, 9.17) is 11.6 Å². The Labute approximate surface area is 150 Å². The summed E-state index contributed by atoms with van der Waals surface area (Å²) in [6, 6.07) is 5.80. The predicted molar refractivity (Wildman–Crippen MR) is 95.5 cm³/mol. The number of hydrogen-bond acceptors (Lipinski definition) is 5. The zero-order valence-electron chi connectivity index (χ0n) is 13.5. The Morgan fingerprint density at radius 1 is 1.38 bits per heavy atom. The van der Waals surface area contributed by atoms with Crippen LogP contribution in [0.5, 0.6) is 0 Å². The molecule has 0 atom stereocenters. The quantitative estimate of drug-likeness (QED) is 0.814. The third-order valence-electron chi connectivity index (χ3n) is 4.19. The van der Waals surface area contributed by atoms with Crippen molar-refractivity contribution in [2.24, 2.45) is 0 Å². The molecule has 8 heteroatoms. The van der Waals surface area contributed by atoms with Crippen LogP contribution in [0.3, 0.4) is 0 Å². The molecule has 1 N–H and O–H groups in total. The van der Waals surface area contributed by atoms with Crippen LogP contribution in [-0.2, 0) is 4.79 Å². The van der Waals surface area contributed by atoms with Gasteiger partial charge in [-0.3, -0.25) is 4.79 Å². The van der Waals surface area contributed by atoms with E-state index in [-0.39, 0.29) is 11.7 Å².